The molecule has 1 amide bonds. The molecule has 5 nitrogen and oxygen atoms in total. The van der Waals surface area contributed by atoms with Crippen LogP contribution in [0.5, 0.6) is 0 Å². The van der Waals surface area contributed by atoms with Gasteiger partial charge < -0.3 is 15.3 Å². The van der Waals surface area contributed by atoms with Crippen molar-refractivity contribution in [3.63, 3.8) is 0 Å². The average molecular weight is 221 g/mol. The largest absolute Gasteiger partial charge is 0.390 e. The minimum atomic E-state index is -0.490. The lowest BCUT2D eigenvalue weighted by Crippen LogP contribution is -2.44. The van der Waals surface area contributed by atoms with Crippen LogP contribution in [0.15, 0.2) is 24.5 Å². The van der Waals surface area contributed by atoms with Crippen LogP contribution in [0.2, 0.25) is 0 Å². The molecule has 0 bridgehead atoms. The topological polar surface area (TPSA) is 65.5 Å². The van der Waals surface area contributed by atoms with E-state index >= 15 is 0 Å². The van der Waals surface area contributed by atoms with Crippen LogP contribution in [-0.4, -0.2) is 53.2 Å². The van der Waals surface area contributed by atoms with Crippen LogP contribution < -0.4 is 5.32 Å². The molecule has 1 saturated heterocycles. The van der Waals surface area contributed by atoms with Crippen LogP contribution in [0.4, 0.5) is 0 Å². The van der Waals surface area contributed by atoms with Gasteiger partial charge in [-0.2, -0.15) is 0 Å². The molecule has 16 heavy (non-hydrogen) atoms. The van der Waals surface area contributed by atoms with Crippen LogP contribution in [0.1, 0.15) is 10.4 Å². The van der Waals surface area contributed by atoms with Gasteiger partial charge in [0.05, 0.1) is 12.1 Å². The van der Waals surface area contributed by atoms with Crippen LogP contribution in [-0.2, 0) is 0 Å². The number of pyridine rings is 1. The maximum absolute atomic E-state index is 12.0. The van der Waals surface area contributed by atoms with Crippen molar-refractivity contribution in [2.75, 3.05) is 20.1 Å². The van der Waals surface area contributed by atoms with Crippen LogP contribution >= 0.6 is 0 Å². The first-order valence-corrected chi connectivity index (χ1v) is 5.26. The van der Waals surface area contributed by atoms with E-state index in [9.17, 15) is 9.90 Å². The van der Waals surface area contributed by atoms with E-state index in [1.807, 2.05) is 0 Å². The monoisotopic (exact) mass is 221 g/mol. The number of hydrogen-bond donors (Lipinski definition) is 2. The van der Waals surface area contributed by atoms with E-state index in [1.54, 1.807) is 36.5 Å². The number of rotatable bonds is 2. The number of hydrogen-bond acceptors (Lipinski definition) is 4. The number of carbonyl (C=O) groups excluding carboxylic acids is 1. The molecule has 1 aromatic rings. The first-order chi connectivity index (χ1) is 7.70. The fourth-order valence-electron chi connectivity index (χ4n) is 1.89. The number of aromatic nitrogens is 1. The molecule has 2 heterocycles. The summed E-state index contributed by atoms with van der Waals surface area (Å²) >= 11 is 0. The molecule has 1 aliphatic heterocycles. The quantitative estimate of drug-likeness (QED) is 0.705. The molecular weight excluding hydrogens is 206 g/mol. The van der Waals surface area contributed by atoms with Gasteiger partial charge in [-0.15, -0.1) is 0 Å². The van der Waals surface area contributed by atoms with Crippen LogP contribution in [0.3, 0.4) is 0 Å². The van der Waals surface area contributed by atoms with Crippen molar-refractivity contribution in [3.05, 3.63) is 30.1 Å². The molecule has 0 aliphatic carbocycles. The summed E-state index contributed by atoms with van der Waals surface area (Å²) in [6.45, 7) is 1.17. The third kappa shape index (κ3) is 2.05. The standard InChI is InChI=1S/C11H15N3O2/c1-14(9-6-13-7-10(9)15)11(16)8-2-4-12-5-3-8/h2-5,9-10,13,15H,6-7H2,1H3/t9-,10-/m1/s1. The SMILES string of the molecule is CN(C(=O)c1ccncc1)[C@@H]1CNC[C@H]1O. The molecule has 2 rings (SSSR count). The summed E-state index contributed by atoms with van der Waals surface area (Å²) < 4.78 is 0. The van der Waals surface area contributed by atoms with E-state index in [-0.39, 0.29) is 11.9 Å². The van der Waals surface area contributed by atoms with Gasteiger partial charge in [-0.1, -0.05) is 0 Å². The molecule has 0 unspecified atom stereocenters. The van der Waals surface area contributed by atoms with Crippen LogP contribution in [0.25, 0.3) is 0 Å². The van der Waals surface area contributed by atoms with Gasteiger partial charge in [0, 0.05) is 38.1 Å². The Bertz CT molecular complexity index is 369. The molecule has 1 aromatic heterocycles. The maximum atomic E-state index is 12.0. The second-order valence-corrected chi connectivity index (χ2v) is 3.94. The summed E-state index contributed by atoms with van der Waals surface area (Å²) in [5.41, 5.74) is 0.594. The summed E-state index contributed by atoms with van der Waals surface area (Å²) in [6, 6.07) is 3.20. The van der Waals surface area contributed by atoms with E-state index < -0.39 is 6.10 Å². The van der Waals surface area contributed by atoms with E-state index in [4.69, 9.17) is 0 Å². The van der Waals surface area contributed by atoms with Gasteiger partial charge in [-0.25, -0.2) is 0 Å². The van der Waals surface area contributed by atoms with Crippen molar-refractivity contribution in [2.24, 2.45) is 0 Å². The van der Waals surface area contributed by atoms with Crippen molar-refractivity contribution >= 4 is 5.91 Å². The predicted octanol–water partition coefficient (Wildman–Crippen LogP) is -0.514. The molecule has 1 aliphatic rings. The van der Waals surface area contributed by atoms with Crippen molar-refractivity contribution in [1.29, 1.82) is 0 Å². The fraction of sp³-hybridized carbons (Fsp3) is 0.455. The Kier molecular flexibility index (Phi) is 3.17. The van der Waals surface area contributed by atoms with Crippen molar-refractivity contribution in [1.82, 2.24) is 15.2 Å². The minimum absolute atomic E-state index is 0.0878. The number of likely N-dealkylation sites (N-methyl/N-ethyl adjacent to an activating group) is 1. The van der Waals surface area contributed by atoms with Crippen molar-refractivity contribution in [3.8, 4) is 0 Å². The normalized spacial score (nSPS) is 24.4. The molecular formula is C11H15N3O2. The Labute approximate surface area is 94.1 Å². The predicted molar refractivity (Wildman–Crippen MR) is 59.0 cm³/mol. The molecule has 86 valence electrons. The average Bonchev–Trinajstić information content (AvgIpc) is 2.75. The number of aliphatic hydroxyl groups excluding tert-OH is 1. The van der Waals surface area contributed by atoms with Gasteiger partial charge in [0.1, 0.15) is 0 Å². The smallest absolute Gasteiger partial charge is 0.254 e. The van der Waals surface area contributed by atoms with Crippen molar-refractivity contribution < 1.29 is 9.90 Å². The number of carbonyl (C=O) groups is 1. The Balaban J connectivity index is 2.10. The molecule has 0 spiro atoms. The lowest BCUT2D eigenvalue weighted by Gasteiger charge is -2.26. The fourth-order valence-corrected chi connectivity index (χ4v) is 1.89. The maximum Gasteiger partial charge on any atom is 0.254 e. The van der Waals surface area contributed by atoms with Crippen molar-refractivity contribution in [2.45, 2.75) is 12.1 Å². The van der Waals surface area contributed by atoms with Gasteiger partial charge in [0.25, 0.3) is 5.91 Å². The first-order valence-electron chi connectivity index (χ1n) is 5.26. The second kappa shape index (κ2) is 4.59. The van der Waals surface area contributed by atoms with Gasteiger partial charge in [0.2, 0.25) is 0 Å². The highest BCUT2D eigenvalue weighted by Crippen LogP contribution is 2.11. The molecule has 5 heteroatoms. The highest BCUT2D eigenvalue weighted by molar-refractivity contribution is 5.94. The summed E-state index contributed by atoms with van der Waals surface area (Å²) in [7, 11) is 1.71. The minimum Gasteiger partial charge on any atom is -0.390 e. The zero-order valence-electron chi connectivity index (χ0n) is 9.13. The highest BCUT2D eigenvalue weighted by Gasteiger charge is 2.31. The Morgan fingerprint density at radius 1 is 1.50 bits per heavy atom. The number of nitrogens with zero attached hydrogens (tertiary/aromatic N) is 2. The summed E-state index contributed by atoms with van der Waals surface area (Å²) in [5.74, 6) is -0.0878. The number of β-amino-alcohol motifs (C(OH)–C–C–N with tert-alkyl or cyclic N) is 1. The Morgan fingerprint density at radius 3 is 2.75 bits per heavy atom. The number of aliphatic hydroxyl groups is 1. The lowest BCUT2D eigenvalue weighted by atomic mass is 10.1. The zero-order valence-corrected chi connectivity index (χ0v) is 9.13. The molecule has 1 fully saturated rings. The zero-order chi connectivity index (χ0) is 11.5. The first kappa shape index (κ1) is 11.0. The second-order valence-electron chi connectivity index (χ2n) is 3.94. The van der Waals surface area contributed by atoms with E-state index in [2.05, 4.69) is 10.3 Å². The van der Waals surface area contributed by atoms with E-state index in [0.717, 1.165) is 0 Å². The molecule has 2 atom stereocenters. The number of amides is 1. The van der Waals surface area contributed by atoms with Gasteiger partial charge in [-0.05, 0) is 12.1 Å². The highest BCUT2D eigenvalue weighted by atomic mass is 16.3. The third-order valence-corrected chi connectivity index (χ3v) is 2.90. The lowest BCUT2D eigenvalue weighted by molar-refractivity contribution is 0.0581. The van der Waals surface area contributed by atoms with Gasteiger partial charge >= 0.3 is 0 Å². The van der Waals surface area contributed by atoms with E-state index in [0.29, 0.717) is 18.7 Å². The molecule has 2 N–H and O–H groups in total. The van der Waals surface area contributed by atoms with Gasteiger partial charge in [0.15, 0.2) is 0 Å². The third-order valence-electron chi connectivity index (χ3n) is 2.90. The van der Waals surface area contributed by atoms with E-state index in [1.165, 1.54) is 0 Å². The molecule has 0 radical (unpaired) electrons. The molecule has 0 saturated carbocycles. The summed E-state index contributed by atoms with van der Waals surface area (Å²) in [5, 5.41) is 12.7. The number of nitrogens with one attached hydrogen (secondary N) is 1. The Morgan fingerprint density at radius 2 is 2.19 bits per heavy atom. The van der Waals surface area contributed by atoms with Crippen LogP contribution in [0, 0.1) is 0 Å². The van der Waals surface area contributed by atoms with Gasteiger partial charge in [-0.3, -0.25) is 9.78 Å². The summed E-state index contributed by atoms with van der Waals surface area (Å²) in [4.78, 5) is 17.5. The summed E-state index contributed by atoms with van der Waals surface area (Å²) in [6.07, 6.45) is 2.69. The molecule has 0 aromatic carbocycles. The Hall–Kier alpha value is -1.46.